The molecule has 2 aliphatic heterocycles. The average Bonchev–Trinajstić information content (AvgIpc) is 3.83. The van der Waals surface area contributed by atoms with Crippen LogP contribution in [0.2, 0.25) is 0 Å². The molecule has 0 aliphatic carbocycles. The third-order valence-corrected chi connectivity index (χ3v) is 9.47. The Morgan fingerprint density at radius 1 is 0.929 bits per heavy atom. The summed E-state index contributed by atoms with van der Waals surface area (Å²) in [6.07, 6.45) is 2.77. The molecule has 309 valence electrons. The second kappa shape index (κ2) is 26.0. The van der Waals surface area contributed by atoms with Gasteiger partial charge in [-0.05, 0) is 77.3 Å². The monoisotopic (exact) mass is 1430 g/mol. The Kier molecular flexibility index (Phi) is 23.6. The van der Waals surface area contributed by atoms with Gasteiger partial charge in [-0.15, -0.1) is 9.24 Å². The summed E-state index contributed by atoms with van der Waals surface area (Å²) in [6.45, 7) is 4.76. The zero-order valence-corrected chi connectivity index (χ0v) is 45.1. The normalized spacial score (nSPS) is 17.1. The van der Waals surface area contributed by atoms with E-state index in [4.69, 9.17) is 0.879 Å². The second-order valence-corrected chi connectivity index (χ2v) is 65.7. The zero-order valence-electron chi connectivity index (χ0n) is 31.3. The van der Waals surface area contributed by atoms with E-state index >= 15 is 0 Å². The molecule has 3 aromatic rings. The van der Waals surface area contributed by atoms with Crippen molar-refractivity contribution in [3.63, 3.8) is 0 Å². The molecule has 0 aromatic heterocycles. The molecule has 2 N–H and O–H groups in total. The van der Waals surface area contributed by atoms with Gasteiger partial charge in [0.05, 0.1) is 13.2 Å². The maximum atomic E-state index is 13.3. The Bertz CT molecular complexity index is 1840. The first-order valence-electron chi connectivity index (χ1n) is 17.7. The van der Waals surface area contributed by atoms with Gasteiger partial charge in [0.1, 0.15) is 12.1 Å². The Morgan fingerprint density at radius 3 is 2.04 bits per heavy atom. The van der Waals surface area contributed by atoms with Gasteiger partial charge in [0.25, 0.3) is 0 Å². The van der Waals surface area contributed by atoms with Crippen molar-refractivity contribution in [1.82, 2.24) is 15.1 Å². The number of ether oxygens (including phenoxy) is 1. The molecule has 5 rings (SSSR count). The number of ketones is 1. The van der Waals surface area contributed by atoms with Gasteiger partial charge in [-0.3, -0.25) is 19.2 Å². The van der Waals surface area contributed by atoms with Crippen LogP contribution in [-0.2, 0) is 43.9 Å². The van der Waals surface area contributed by atoms with Crippen LogP contribution < -0.4 is 10.6 Å². The van der Waals surface area contributed by atoms with Crippen molar-refractivity contribution < 1.29 is 45.7 Å². The number of hydrogen-bond donors (Lipinski definition) is 2. The van der Waals surface area contributed by atoms with E-state index in [1.807, 2.05) is 128 Å². The number of methoxy groups -OCH3 is 1. The van der Waals surface area contributed by atoms with Crippen molar-refractivity contribution in [2.75, 3.05) is 31.7 Å². The molecule has 56 heavy (non-hydrogen) atoms. The molecule has 0 bridgehead atoms. The standard InChI is InChI=1S/C36H43N4O6P.CH4.FH.5HI.2V.H/c1-22(2)33(38-36(45)46-3)35(44)40-17-5-7-30(40)34(43)37-28-14-12-24(13-15-28)26-11-10-25-18-23(8-9-27(25)20-26)19-31(41)29-6-4-16-39(29)32(42)21-47;;;;;;;;;;/h8-15,18,20,22,29-30,33H,4-7,16-17,19,21,47H2,1-3H3,(H,37,43)(H,38,45);1H4;6*1H;;;/q;;;;;;;;+2;+4;/p-6/t29-,30-,33-;;;;;;;;;;/m0........../s1/i;;;;;;;;;;1+1. The predicted molar refractivity (Wildman–Crippen MR) is 264 cm³/mol. The quantitative estimate of drug-likeness (QED) is 0.154. The Morgan fingerprint density at radius 2 is 1.46 bits per heavy atom. The third kappa shape index (κ3) is 16.7. The number of rotatable bonds is 10. The first-order chi connectivity index (χ1) is 26.3. The van der Waals surface area contributed by atoms with E-state index in [0.29, 0.717) is 44.2 Å². The van der Waals surface area contributed by atoms with E-state index in [1.165, 1.54) is 7.11 Å². The fraction of sp³-hybridized carbons (Fsp3) is 0.432. The van der Waals surface area contributed by atoms with E-state index < -0.39 is 31.8 Å². The summed E-state index contributed by atoms with van der Waals surface area (Å²) in [7, 11) is 2.70. The number of carbonyl (C=O) groups is 5. The number of likely N-dealkylation sites (tertiary alicyclic amines) is 2. The topological polar surface area (TPSA) is 125 Å². The average molecular weight is 1430 g/mol. The first kappa shape index (κ1) is 50.8. The van der Waals surface area contributed by atoms with Crippen LogP contribution >= 0.6 is 109 Å². The minimum absolute atomic E-state index is 0. The number of carbonyl (C=O) groups excluding carboxylic acids is 5. The van der Waals surface area contributed by atoms with Crippen LogP contribution in [0.1, 0.15) is 52.5 Å². The van der Waals surface area contributed by atoms with Crippen LogP contribution in [0, 0.1) is 5.92 Å². The third-order valence-electron chi connectivity index (χ3n) is 9.12. The molecule has 3 aromatic carbocycles. The second-order valence-electron chi connectivity index (χ2n) is 13.0. The van der Waals surface area contributed by atoms with Crippen molar-refractivity contribution in [1.29, 1.82) is 0.879 Å². The van der Waals surface area contributed by atoms with Crippen molar-refractivity contribution in [3.05, 3.63) is 66.2 Å². The summed E-state index contributed by atoms with van der Waals surface area (Å²) in [4.78, 5) is 67.0. The molecule has 2 fully saturated rings. The minimum atomic E-state index is -2.47. The summed E-state index contributed by atoms with van der Waals surface area (Å²) < 4.78 is 20.7. The van der Waals surface area contributed by atoms with Gasteiger partial charge in [-0.2, -0.15) is 0 Å². The maximum absolute atomic E-state index is 13.3. The molecule has 0 saturated carbocycles. The van der Waals surface area contributed by atoms with Gasteiger partial charge in [-0.25, -0.2) is 4.79 Å². The number of amides is 4. The summed E-state index contributed by atoms with van der Waals surface area (Å²) in [6, 6.07) is 18.0. The number of fused-ring (bicyclic) bond motifs is 1. The van der Waals surface area contributed by atoms with Gasteiger partial charge in [-0.1, -0.05) is 63.7 Å². The molecule has 4 atom stereocenters. The Balaban J connectivity index is 0.00000101. The summed E-state index contributed by atoms with van der Waals surface area (Å²) in [5.74, 6) is -0.645. The Hall–Kier alpha value is 0.449. The van der Waals surface area contributed by atoms with Gasteiger partial charge >= 0.3 is 124 Å². The number of nitrogens with zero attached hydrogens (tertiary/aromatic N) is 2. The summed E-state index contributed by atoms with van der Waals surface area (Å²) in [5, 5.41) is 7.64. The first-order valence-corrected chi connectivity index (χ1v) is 41.1. The number of Topliss-reactive ketones (excluding diaryl/α,β-unsaturated/α-hetero) is 1. The number of halogens is 6. The van der Waals surface area contributed by atoms with E-state index in [9.17, 15) is 27.4 Å². The molecule has 10 nitrogen and oxygen atoms in total. The van der Waals surface area contributed by atoms with Gasteiger partial charge in [0.2, 0.25) is 17.7 Å². The van der Waals surface area contributed by atoms with Crippen molar-refractivity contribution in [3.8, 4) is 11.1 Å². The fourth-order valence-electron chi connectivity index (χ4n) is 6.57. The van der Waals surface area contributed by atoms with E-state index in [2.05, 4.69) is 70.6 Å². The Labute approximate surface area is 397 Å². The van der Waals surface area contributed by atoms with Crippen molar-refractivity contribution in [2.24, 2.45) is 5.92 Å². The predicted octanol–water partition coefficient (Wildman–Crippen LogP) is 10.0. The molecule has 0 radical (unpaired) electrons. The SMILES string of the molecule is C.COC(=O)N[C@H](C(=O)N1CCC[C@H]1C(=O)Nc1ccc(-c2ccc3cc(CC(=O)[C@@H]4CCCN4C(=O)CP)ccc3c2)cc1)C(C)C.[2H][V]([I])[I].[F][V]([I])([I])[I]. The molecule has 2 heterocycles. The number of anilines is 1. The molecule has 2 aliphatic rings. The molecule has 19 heteroatoms. The fourth-order valence-corrected chi connectivity index (χ4v) is 6.81. The molecule has 4 amide bonds. The summed E-state index contributed by atoms with van der Waals surface area (Å²) in [5.41, 5.74) is 3.56. The molecular formula is C37H48FI5N4O6PV2. The van der Waals surface area contributed by atoms with Crippen LogP contribution in [0.3, 0.4) is 0 Å². The van der Waals surface area contributed by atoms with E-state index in [1.54, 1.807) is 9.80 Å². The number of benzene rings is 3. The summed E-state index contributed by atoms with van der Waals surface area (Å²) >= 11 is 9.85. The van der Waals surface area contributed by atoms with Crippen LogP contribution in [0.5, 0.6) is 0 Å². The van der Waals surface area contributed by atoms with Gasteiger partial charge in [0.15, 0.2) is 5.78 Å². The number of alkyl carbamates (subject to hydrolysis) is 1. The zero-order chi connectivity index (χ0) is 41.7. The van der Waals surface area contributed by atoms with Crippen molar-refractivity contribution >= 4 is 155 Å². The van der Waals surface area contributed by atoms with E-state index in [0.717, 1.165) is 40.3 Å². The van der Waals surface area contributed by atoms with Crippen LogP contribution in [-0.4, -0.2) is 84.8 Å². The van der Waals surface area contributed by atoms with Crippen LogP contribution in [0.15, 0.2) is 60.7 Å². The van der Waals surface area contributed by atoms with Gasteiger partial charge < -0.3 is 25.2 Å². The van der Waals surface area contributed by atoms with Crippen LogP contribution in [0.25, 0.3) is 21.9 Å². The molecule has 1 unspecified atom stereocenters. The van der Waals surface area contributed by atoms with Gasteiger partial charge in [0, 0.05) is 31.4 Å². The van der Waals surface area contributed by atoms with E-state index in [-0.39, 0.29) is 42.9 Å². The molecule has 2 saturated heterocycles. The molecular weight excluding hydrogens is 1380 g/mol. The number of hydrogen-bond acceptors (Lipinski definition) is 6. The molecule has 0 spiro atoms. The number of nitrogens with one attached hydrogen (secondary N) is 2. The van der Waals surface area contributed by atoms with Crippen molar-refractivity contribution in [2.45, 2.75) is 71.5 Å². The van der Waals surface area contributed by atoms with Crippen LogP contribution in [0.4, 0.5) is 13.9 Å².